The number of esters is 1. The zero-order chi connectivity index (χ0) is 29.4. The topological polar surface area (TPSA) is 154 Å². The van der Waals surface area contributed by atoms with E-state index in [0.29, 0.717) is 0 Å². The van der Waals surface area contributed by atoms with E-state index < -0.39 is 59.8 Å². The minimum Gasteiger partial charge on any atom is -0.507 e. The van der Waals surface area contributed by atoms with Crippen molar-refractivity contribution < 1.29 is 34.1 Å². The fourth-order valence-electron chi connectivity index (χ4n) is 4.67. The Hall–Kier alpha value is -3.92. The molecule has 0 bridgehead atoms. The molecule has 0 aliphatic carbocycles. The van der Waals surface area contributed by atoms with Gasteiger partial charge >= 0.3 is 5.97 Å². The summed E-state index contributed by atoms with van der Waals surface area (Å²) in [6, 6.07) is 13.6. The second-order valence-corrected chi connectivity index (χ2v) is 10.8. The van der Waals surface area contributed by atoms with E-state index in [4.69, 9.17) is 4.74 Å². The molecule has 1 aliphatic heterocycles. The molecule has 3 amide bonds. The maximum absolute atomic E-state index is 13.7. The van der Waals surface area contributed by atoms with Crippen molar-refractivity contribution in [1.82, 2.24) is 16.0 Å². The third-order valence-electron chi connectivity index (χ3n) is 7.10. The standard InChI is InChI=1S/C30H39N3O7/c1-17(2)14-25-29(38)32-19(4)22(16-31-27(36)21-12-8-9-13-24(21)34)28(37)33-23(15-20-10-6-5-7-11-20)26(35)18(3)30(39)40-25/h5-13,17-19,22-23,25-26,34-35H,14-16H2,1-4H3,(H,31,36)(H,32,38)(H,33,37)/t18-,19-,22+,23+,25?,26+/m1/s1. The van der Waals surface area contributed by atoms with Gasteiger partial charge < -0.3 is 30.9 Å². The molecule has 1 aliphatic rings. The molecule has 1 saturated heterocycles. The predicted molar refractivity (Wildman–Crippen MR) is 148 cm³/mol. The van der Waals surface area contributed by atoms with Crippen molar-refractivity contribution >= 4 is 23.7 Å². The van der Waals surface area contributed by atoms with Crippen LogP contribution in [0.2, 0.25) is 0 Å². The van der Waals surface area contributed by atoms with Gasteiger partial charge in [-0.25, -0.2) is 0 Å². The Morgan fingerprint density at radius 2 is 1.62 bits per heavy atom. The van der Waals surface area contributed by atoms with Gasteiger partial charge in [-0.2, -0.15) is 0 Å². The molecule has 0 aromatic heterocycles. The average Bonchev–Trinajstić information content (AvgIpc) is 2.91. The molecular formula is C30H39N3O7. The van der Waals surface area contributed by atoms with Crippen molar-refractivity contribution in [3.63, 3.8) is 0 Å². The molecule has 1 heterocycles. The molecule has 10 nitrogen and oxygen atoms in total. The third-order valence-corrected chi connectivity index (χ3v) is 7.10. The van der Waals surface area contributed by atoms with Crippen LogP contribution >= 0.6 is 0 Å². The summed E-state index contributed by atoms with van der Waals surface area (Å²) in [6.45, 7) is 6.73. The number of rotatable bonds is 7. The van der Waals surface area contributed by atoms with Crippen LogP contribution in [0.4, 0.5) is 0 Å². The number of ether oxygens (including phenoxy) is 1. The summed E-state index contributed by atoms with van der Waals surface area (Å²) >= 11 is 0. The van der Waals surface area contributed by atoms with Crippen molar-refractivity contribution in [1.29, 1.82) is 0 Å². The SMILES string of the molecule is CC(C)CC1OC(=O)[C@H](C)[C@H](O)[C@H](Cc2ccccc2)NC(=O)[C@@H](CNC(=O)c2ccccc2O)[C@@H](C)NC1=O. The highest BCUT2D eigenvalue weighted by Crippen LogP contribution is 2.20. The molecule has 0 radical (unpaired) electrons. The van der Waals surface area contributed by atoms with Gasteiger partial charge in [-0.15, -0.1) is 0 Å². The van der Waals surface area contributed by atoms with E-state index >= 15 is 0 Å². The number of aliphatic hydroxyl groups is 1. The summed E-state index contributed by atoms with van der Waals surface area (Å²) in [5.74, 6) is -4.58. The van der Waals surface area contributed by atoms with Crippen molar-refractivity contribution in [2.45, 2.75) is 64.8 Å². The highest BCUT2D eigenvalue weighted by molar-refractivity contribution is 5.97. The Bertz CT molecular complexity index is 1190. The number of phenols is 1. The third kappa shape index (κ3) is 8.05. The van der Waals surface area contributed by atoms with E-state index in [1.54, 1.807) is 19.1 Å². The van der Waals surface area contributed by atoms with Gasteiger partial charge in [0.1, 0.15) is 5.75 Å². The number of amides is 3. The van der Waals surface area contributed by atoms with Crippen LogP contribution in [-0.2, 0) is 25.5 Å². The van der Waals surface area contributed by atoms with Crippen LogP contribution in [0.5, 0.6) is 5.75 Å². The van der Waals surface area contributed by atoms with Crippen LogP contribution in [0.1, 0.15) is 50.0 Å². The van der Waals surface area contributed by atoms with Gasteiger partial charge in [-0.1, -0.05) is 56.3 Å². The smallest absolute Gasteiger partial charge is 0.312 e. The quantitative estimate of drug-likeness (QED) is 0.328. The zero-order valence-corrected chi connectivity index (χ0v) is 23.3. The van der Waals surface area contributed by atoms with Crippen LogP contribution in [0.25, 0.3) is 0 Å². The van der Waals surface area contributed by atoms with E-state index in [1.807, 2.05) is 44.2 Å². The minimum atomic E-state index is -1.31. The van der Waals surface area contributed by atoms with Crippen LogP contribution in [-0.4, -0.2) is 64.7 Å². The number of hydrogen-bond donors (Lipinski definition) is 5. The number of cyclic esters (lactones) is 1. The molecule has 2 aromatic rings. The Morgan fingerprint density at radius 3 is 2.27 bits per heavy atom. The fourth-order valence-corrected chi connectivity index (χ4v) is 4.67. The number of hydrogen-bond acceptors (Lipinski definition) is 7. The number of para-hydroxylation sites is 1. The molecule has 10 heteroatoms. The van der Waals surface area contributed by atoms with E-state index in [-0.39, 0.29) is 36.6 Å². The lowest BCUT2D eigenvalue weighted by Crippen LogP contribution is -2.57. The van der Waals surface area contributed by atoms with Crippen LogP contribution < -0.4 is 16.0 Å². The fraction of sp³-hybridized carbons (Fsp3) is 0.467. The molecule has 1 fully saturated rings. The summed E-state index contributed by atoms with van der Waals surface area (Å²) in [5.41, 5.74) is 0.880. The Labute approximate surface area is 234 Å². The van der Waals surface area contributed by atoms with E-state index in [2.05, 4.69) is 16.0 Å². The first-order valence-electron chi connectivity index (χ1n) is 13.6. The average molecular weight is 554 g/mol. The molecule has 0 spiro atoms. The molecule has 216 valence electrons. The number of aliphatic hydroxyl groups excluding tert-OH is 1. The summed E-state index contributed by atoms with van der Waals surface area (Å²) < 4.78 is 5.59. The van der Waals surface area contributed by atoms with Gasteiger partial charge in [-0.05, 0) is 50.3 Å². The highest BCUT2D eigenvalue weighted by Gasteiger charge is 2.38. The van der Waals surface area contributed by atoms with Gasteiger partial charge in [0.05, 0.1) is 29.5 Å². The van der Waals surface area contributed by atoms with Crippen molar-refractivity contribution in [2.75, 3.05) is 6.54 Å². The van der Waals surface area contributed by atoms with E-state index in [9.17, 15) is 29.4 Å². The lowest BCUT2D eigenvalue weighted by Gasteiger charge is -2.33. The van der Waals surface area contributed by atoms with E-state index in [0.717, 1.165) is 5.56 Å². The maximum atomic E-state index is 13.7. The molecule has 5 N–H and O–H groups in total. The molecule has 1 unspecified atom stereocenters. The first-order chi connectivity index (χ1) is 19.0. The predicted octanol–water partition coefficient (Wildman–Crippen LogP) is 1.94. The maximum Gasteiger partial charge on any atom is 0.312 e. The summed E-state index contributed by atoms with van der Waals surface area (Å²) in [4.78, 5) is 52.6. The van der Waals surface area contributed by atoms with E-state index in [1.165, 1.54) is 19.1 Å². The monoisotopic (exact) mass is 553 g/mol. The van der Waals surface area contributed by atoms with Gasteiger partial charge in [0.15, 0.2) is 6.10 Å². The van der Waals surface area contributed by atoms with Gasteiger partial charge in [0.2, 0.25) is 5.91 Å². The highest BCUT2D eigenvalue weighted by atomic mass is 16.5. The molecule has 6 atom stereocenters. The number of benzene rings is 2. The zero-order valence-electron chi connectivity index (χ0n) is 23.3. The summed E-state index contributed by atoms with van der Waals surface area (Å²) in [6.07, 6.45) is -1.94. The molecule has 0 saturated carbocycles. The lowest BCUT2D eigenvalue weighted by atomic mass is 9.91. The summed E-state index contributed by atoms with van der Waals surface area (Å²) in [7, 11) is 0. The van der Waals surface area contributed by atoms with Gasteiger partial charge in [0.25, 0.3) is 11.8 Å². The first kappa shape index (κ1) is 30.6. The number of aromatic hydroxyl groups is 1. The van der Waals surface area contributed by atoms with Crippen molar-refractivity contribution in [3.05, 3.63) is 65.7 Å². The second kappa shape index (κ2) is 13.9. The molecule has 2 aromatic carbocycles. The van der Waals surface area contributed by atoms with Crippen LogP contribution in [0.15, 0.2) is 54.6 Å². The lowest BCUT2D eigenvalue weighted by molar-refractivity contribution is -0.165. The number of carbonyl (C=O) groups excluding carboxylic acids is 4. The number of carbonyl (C=O) groups is 4. The number of nitrogens with one attached hydrogen (secondary N) is 3. The van der Waals surface area contributed by atoms with Gasteiger partial charge in [-0.3, -0.25) is 19.2 Å². The first-order valence-corrected chi connectivity index (χ1v) is 13.6. The Morgan fingerprint density at radius 1 is 0.975 bits per heavy atom. The molecular weight excluding hydrogens is 514 g/mol. The normalized spacial score (nSPS) is 26.1. The minimum absolute atomic E-state index is 0.0229. The summed E-state index contributed by atoms with van der Waals surface area (Å²) in [5, 5.41) is 29.6. The van der Waals surface area contributed by atoms with Crippen LogP contribution in [0, 0.1) is 17.8 Å². The second-order valence-electron chi connectivity index (χ2n) is 10.8. The Kier molecular flexibility index (Phi) is 10.7. The Balaban J connectivity index is 1.93. The van der Waals surface area contributed by atoms with Crippen molar-refractivity contribution in [2.24, 2.45) is 17.8 Å². The molecule has 3 rings (SSSR count). The van der Waals surface area contributed by atoms with Crippen LogP contribution in [0.3, 0.4) is 0 Å². The van der Waals surface area contributed by atoms with Crippen molar-refractivity contribution in [3.8, 4) is 5.75 Å². The number of phenolic OH excluding ortho intramolecular Hbond substituents is 1. The largest absolute Gasteiger partial charge is 0.507 e. The van der Waals surface area contributed by atoms with Gasteiger partial charge in [0, 0.05) is 12.6 Å². The molecule has 40 heavy (non-hydrogen) atoms.